The number of likely N-dealkylation sites (N-methyl/N-ethyl adjacent to an activating group) is 1. The van der Waals surface area contributed by atoms with Crippen LogP contribution in [0.5, 0.6) is 0 Å². The fourth-order valence-electron chi connectivity index (χ4n) is 3.72. The molecule has 2 aliphatic rings. The molecule has 3 rings (SSSR count). The molecule has 150 valence electrons. The van der Waals surface area contributed by atoms with Crippen molar-refractivity contribution in [2.24, 2.45) is 0 Å². The molecule has 27 heavy (non-hydrogen) atoms. The van der Waals surface area contributed by atoms with E-state index in [1.54, 1.807) is 0 Å². The third kappa shape index (κ3) is 6.28. The number of nitrogens with one attached hydrogen (secondary N) is 2. The molecule has 2 amide bonds. The van der Waals surface area contributed by atoms with Crippen LogP contribution >= 0.6 is 23.4 Å². The van der Waals surface area contributed by atoms with Gasteiger partial charge in [-0.15, -0.1) is 11.8 Å². The number of rotatable bonds is 7. The number of fused-ring (bicyclic) bond motifs is 1. The van der Waals surface area contributed by atoms with Gasteiger partial charge in [0, 0.05) is 48.4 Å². The number of amides is 2. The average molecular weight is 411 g/mol. The molecule has 0 bridgehead atoms. The second-order valence-corrected chi connectivity index (χ2v) is 8.83. The smallest absolute Gasteiger partial charge is 0.315 e. The Balaban J connectivity index is 1.32. The van der Waals surface area contributed by atoms with Gasteiger partial charge in [0.05, 0.1) is 6.04 Å². The number of piperazine rings is 1. The normalized spacial score (nSPS) is 20.9. The molecule has 2 N–H and O–H groups in total. The largest absolute Gasteiger partial charge is 0.338 e. The van der Waals surface area contributed by atoms with Crippen LogP contribution in [-0.4, -0.2) is 67.4 Å². The van der Waals surface area contributed by atoms with Crippen LogP contribution in [0, 0.1) is 0 Å². The average Bonchev–Trinajstić information content (AvgIpc) is 2.68. The number of benzene rings is 1. The summed E-state index contributed by atoms with van der Waals surface area (Å²) in [6.07, 6.45) is 3.09. The topological polar surface area (TPSA) is 47.6 Å². The van der Waals surface area contributed by atoms with E-state index in [1.165, 1.54) is 31.1 Å². The standard InChI is InChI=1S/C20H31ClN4OS/c1-2-24-10-12-25(13-11-24)9-4-3-8-22-20(26)23-18-7-14-27-19-6-5-16(21)15-17(18)19/h5-6,15,18H,2-4,7-14H2,1H3,(H2,22,23,26). The highest BCUT2D eigenvalue weighted by atomic mass is 35.5. The third-order valence-corrected chi connectivity index (χ3v) is 6.77. The Kier molecular flexibility index (Phi) is 8.12. The van der Waals surface area contributed by atoms with Crippen molar-refractivity contribution in [1.82, 2.24) is 20.4 Å². The van der Waals surface area contributed by atoms with Gasteiger partial charge in [-0.1, -0.05) is 18.5 Å². The lowest BCUT2D eigenvalue weighted by molar-refractivity contribution is 0.135. The highest BCUT2D eigenvalue weighted by Crippen LogP contribution is 2.37. The van der Waals surface area contributed by atoms with Crippen molar-refractivity contribution in [3.05, 3.63) is 28.8 Å². The quantitative estimate of drug-likeness (QED) is 0.674. The minimum Gasteiger partial charge on any atom is -0.338 e. The number of hydrogen-bond donors (Lipinski definition) is 2. The molecule has 1 atom stereocenters. The van der Waals surface area contributed by atoms with E-state index >= 15 is 0 Å². The Morgan fingerprint density at radius 2 is 2.00 bits per heavy atom. The van der Waals surface area contributed by atoms with Crippen molar-refractivity contribution in [2.75, 3.05) is 51.6 Å². The highest BCUT2D eigenvalue weighted by molar-refractivity contribution is 7.99. The summed E-state index contributed by atoms with van der Waals surface area (Å²) in [7, 11) is 0. The molecular weight excluding hydrogens is 380 g/mol. The van der Waals surface area contributed by atoms with E-state index in [9.17, 15) is 4.79 Å². The fourth-order valence-corrected chi connectivity index (χ4v) is 5.00. The predicted molar refractivity (Wildman–Crippen MR) is 114 cm³/mol. The predicted octanol–water partition coefficient (Wildman–Crippen LogP) is 3.59. The van der Waals surface area contributed by atoms with Gasteiger partial charge in [-0.3, -0.25) is 0 Å². The van der Waals surface area contributed by atoms with Crippen LogP contribution in [0.25, 0.3) is 0 Å². The van der Waals surface area contributed by atoms with Gasteiger partial charge >= 0.3 is 6.03 Å². The maximum atomic E-state index is 12.3. The van der Waals surface area contributed by atoms with Crippen LogP contribution < -0.4 is 10.6 Å². The Hall–Kier alpha value is -0.950. The fraction of sp³-hybridized carbons (Fsp3) is 0.650. The summed E-state index contributed by atoms with van der Waals surface area (Å²) in [5.74, 6) is 1.02. The third-order valence-electron chi connectivity index (χ3n) is 5.42. The van der Waals surface area contributed by atoms with Gasteiger partial charge in [-0.05, 0) is 56.1 Å². The van der Waals surface area contributed by atoms with E-state index in [-0.39, 0.29) is 12.1 Å². The zero-order valence-electron chi connectivity index (χ0n) is 16.2. The van der Waals surface area contributed by atoms with E-state index < -0.39 is 0 Å². The molecule has 2 heterocycles. The Morgan fingerprint density at radius 3 is 2.78 bits per heavy atom. The molecule has 7 heteroatoms. The Bertz CT molecular complexity index is 622. The monoisotopic (exact) mass is 410 g/mol. The van der Waals surface area contributed by atoms with Gasteiger partial charge in [0.1, 0.15) is 0 Å². The second kappa shape index (κ2) is 10.6. The van der Waals surface area contributed by atoms with Crippen LogP contribution in [0.3, 0.4) is 0 Å². The van der Waals surface area contributed by atoms with Crippen molar-refractivity contribution >= 4 is 29.4 Å². The number of thioether (sulfide) groups is 1. The summed E-state index contributed by atoms with van der Waals surface area (Å²) in [5, 5.41) is 6.85. The van der Waals surface area contributed by atoms with E-state index in [1.807, 2.05) is 23.9 Å². The van der Waals surface area contributed by atoms with Crippen LogP contribution in [0.1, 0.15) is 37.8 Å². The summed E-state index contributed by atoms with van der Waals surface area (Å²) >= 11 is 7.96. The molecule has 0 aromatic heterocycles. The Morgan fingerprint density at radius 1 is 1.22 bits per heavy atom. The maximum Gasteiger partial charge on any atom is 0.315 e. The zero-order valence-corrected chi connectivity index (χ0v) is 17.7. The van der Waals surface area contributed by atoms with Gasteiger partial charge < -0.3 is 20.4 Å². The van der Waals surface area contributed by atoms with Gasteiger partial charge in [0.25, 0.3) is 0 Å². The van der Waals surface area contributed by atoms with Gasteiger partial charge in [-0.2, -0.15) is 0 Å². The van der Waals surface area contributed by atoms with Gasteiger partial charge in [-0.25, -0.2) is 4.79 Å². The number of hydrogen-bond acceptors (Lipinski definition) is 4. The Labute approximate surface area is 172 Å². The summed E-state index contributed by atoms with van der Waals surface area (Å²) in [4.78, 5) is 18.5. The first-order valence-corrected chi connectivity index (χ1v) is 11.4. The minimum absolute atomic E-state index is 0.0508. The van der Waals surface area contributed by atoms with Crippen LogP contribution in [0.4, 0.5) is 4.79 Å². The van der Waals surface area contributed by atoms with E-state index in [0.29, 0.717) is 0 Å². The van der Waals surface area contributed by atoms with Crippen LogP contribution in [0.2, 0.25) is 5.02 Å². The number of carbonyl (C=O) groups excluding carboxylic acids is 1. The molecule has 1 fully saturated rings. The lowest BCUT2D eigenvalue weighted by Crippen LogP contribution is -2.46. The molecule has 1 saturated heterocycles. The molecule has 5 nitrogen and oxygen atoms in total. The van der Waals surface area contributed by atoms with Crippen molar-refractivity contribution in [3.63, 3.8) is 0 Å². The summed E-state index contributed by atoms with van der Waals surface area (Å²) < 4.78 is 0. The summed E-state index contributed by atoms with van der Waals surface area (Å²) in [6, 6.07) is 5.92. The summed E-state index contributed by atoms with van der Waals surface area (Å²) in [5.41, 5.74) is 1.14. The first-order chi connectivity index (χ1) is 13.2. The molecule has 1 aromatic carbocycles. The molecular formula is C20H31ClN4OS. The van der Waals surface area contributed by atoms with E-state index in [0.717, 1.165) is 55.2 Å². The van der Waals surface area contributed by atoms with Gasteiger partial charge in [0.15, 0.2) is 0 Å². The molecule has 2 aliphatic heterocycles. The van der Waals surface area contributed by atoms with Crippen molar-refractivity contribution < 1.29 is 4.79 Å². The molecule has 0 aliphatic carbocycles. The number of nitrogens with zero attached hydrogens (tertiary/aromatic N) is 2. The zero-order chi connectivity index (χ0) is 19.1. The molecule has 1 unspecified atom stereocenters. The van der Waals surface area contributed by atoms with Gasteiger partial charge in [0.2, 0.25) is 0 Å². The number of halogens is 1. The first-order valence-electron chi connectivity index (χ1n) is 10.1. The maximum absolute atomic E-state index is 12.3. The second-order valence-electron chi connectivity index (χ2n) is 7.26. The molecule has 1 aromatic rings. The van der Waals surface area contributed by atoms with Crippen molar-refractivity contribution in [2.45, 2.75) is 37.1 Å². The van der Waals surface area contributed by atoms with Crippen LogP contribution in [0.15, 0.2) is 23.1 Å². The lowest BCUT2D eigenvalue weighted by Gasteiger charge is -2.34. The molecule has 0 radical (unpaired) electrons. The van der Waals surface area contributed by atoms with Crippen LogP contribution in [-0.2, 0) is 0 Å². The lowest BCUT2D eigenvalue weighted by atomic mass is 10.0. The van der Waals surface area contributed by atoms with Crippen molar-refractivity contribution in [3.8, 4) is 0 Å². The number of unbranched alkanes of at least 4 members (excludes halogenated alkanes) is 1. The number of urea groups is 1. The first kappa shape index (κ1) is 20.8. The molecule has 0 saturated carbocycles. The van der Waals surface area contributed by atoms with E-state index in [2.05, 4.69) is 33.4 Å². The highest BCUT2D eigenvalue weighted by Gasteiger charge is 2.22. The number of carbonyl (C=O) groups is 1. The van der Waals surface area contributed by atoms with Crippen molar-refractivity contribution in [1.29, 1.82) is 0 Å². The SMILES string of the molecule is CCN1CCN(CCCCNC(=O)NC2CCSc3ccc(Cl)cc32)CC1. The summed E-state index contributed by atoms with van der Waals surface area (Å²) in [6.45, 7) is 9.95. The molecule has 0 spiro atoms. The minimum atomic E-state index is -0.0746. The van der Waals surface area contributed by atoms with E-state index in [4.69, 9.17) is 11.6 Å².